The Bertz CT molecular complexity index is 3040. The molecule has 3 nitrogen and oxygen atoms in total. The highest BCUT2D eigenvalue weighted by Crippen LogP contribution is 2.44. The van der Waals surface area contributed by atoms with Crippen LogP contribution in [0.5, 0.6) is 0 Å². The minimum Gasteiger partial charge on any atom is -0.456 e. The van der Waals surface area contributed by atoms with Crippen LogP contribution >= 0.6 is 11.3 Å². The first-order chi connectivity index (χ1) is 22.8. The van der Waals surface area contributed by atoms with Crippen molar-refractivity contribution in [1.82, 2.24) is 4.57 Å². The maximum absolute atomic E-state index is 6.68. The predicted molar refractivity (Wildman–Crippen MR) is 194 cm³/mol. The van der Waals surface area contributed by atoms with Gasteiger partial charge in [-0.2, -0.15) is 0 Å². The van der Waals surface area contributed by atoms with E-state index in [4.69, 9.17) is 8.83 Å². The lowest BCUT2D eigenvalue weighted by molar-refractivity contribution is 0.668. The number of hydrogen-bond donors (Lipinski definition) is 0. The zero-order valence-electron chi connectivity index (χ0n) is 24.5. The molecule has 0 aliphatic rings. The van der Waals surface area contributed by atoms with Gasteiger partial charge in [-0.15, -0.1) is 11.3 Å². The first-order valence-corrected chi connectivity index (χ1v) is 16.3. The zero-order valence-corrected chi connectivity index (χ0v) is 25.3. The number of rotatable bonds is 2. The largest absolute Gasteiger partial charge is 0.456 e. The standard InChI is InChI=1S/C42H23NO2S/c1-4-15-34-25(9-1)31-22-33-26-10-3-6-18-39(26)46-40(33)23-35(31)43(34)24-19-20-37-32(21-24)29-14-7-13-28(42(29)45-37)27-12-8-17-38-41(27)30-11-2-5-16-36(30)44-38/h1-23H. The summed E-state index contributed by atoms with van der Waals surface area (Å²) < 4.78 is 17.9. The molecule has 46 heavy (non-hydrogen) atoms. The average molecular weight is 606 g/mol. The molecule has 0 fully saturated rings. The van der Waals surface area contributed by atoms with Gasteiger partial charge in [-0.25, -0.2) is 0 Å². The van der Waals surface area contributed by atoms with Crippen LogP contribution in [0.15, 0.2) is 148 Å². The van der Waals surface area contributed by atoms with Gasteiger partial charge in [0, 0.05) is 63.7 Å². The molecule has 11 aromatic rings. The molecule has 7 aromatic carbocycles. The summed E-state index contributed by atoms with van der Waals surface area (Å²) in [4.78, 5) is 0. The van der Waals surface area contributed by atoms with Gasteiger partial charge < -0.3 is 13.4 Å². The molecule has 0 spiro atoms. The molecule has 4 heterocycles. The van der Waals surface area contributed by atoms with Crippen molar-refractivity contribution in [2.24, 2.45) is 0 Å². The van der Waals surface area contributed by atoms with E-state index in [2.05, 4.69) is 126 Å². The van der Waals surface area contributed by atoms with Gasteiger partial charge >= 0.3 is 0 Å². The van der Waals surface area contributed by atoms with Gasteiger partial charge in [-0.05, 0) is 60.2 Å². The second kappa shape index (κ2) is 8.87. The Hall–Kier alpha value is -5.84. The Morgan fingerprint density at radius 1 is 0.413 bits per heavy atom. The number of hydrogen-bond acceptors (Lipinski definition) is 3. The minimum absolute atomic E-state index is 0.878. The van der Waals surface area contributed by atoms with Crippen LogP contribution in [-0.2, 0) is 0 Å². The van der Waals surface area contributed by atoms with E-state index in [0.717, 1.165) is 60.7 Å². The normalized spacial score (nSPS) is 12.3. The summed E-state index contributed by atoms with van der Waals surface area (Å²) in [5.74, 6) is 0. The fourth-order valence-electron chi connectivity index (χ4n) is 7.60. The van der Waals surface area contributed by atoms with Crippen LogP contribution in [0, 0.1) is 0 Å². The molecule has 0 saturated heterocycles. The quantitative estimate of drug-likeness (QED) is 0.196. The highest BCUT2D eigenvalue weighted by Gasteiger charge is 2.19. The number of furan rings is 2. The molecule has 0 N–H and O–H groups in total. The van der Waals surface area contributed by atoms with Crippen molar-refractivity contribution in [2.45, 2.75) is 0 Å². The number of thiophene rings is 1. The van der Waals surface area contributed by atoms with Crippen molar-refractivity contribution in [2.75, 3.05) is 0 Å². The van der Waals surface area contributed by atoms with Crippen LogP contribution in [0.2, 0.25) is 0 Å². The molecule has 214 valence electrons. The molecule has 0 atom stereocenters. The van der Waals surface area contributed by atoms with Crippen LogP contribution in [0.25, 0.3) is 103 Å². The Morgan fingerprint density at radius 2 is 1.15 bits per heavy atom. The SMILES string of the molecule is c1ccc2c(c1)oc1cccc(-c3cccc4c3oc3ccc(-n5c6ccccc6c6cc7c(cc65)sc5ccccc57)cc34)c12. The van der Waals surface area contributed by atoms with E-state index < -0.39 is 0 Å². The van der Waals surface area contributed by atoms with E-state index in [1.165, 1.54) is 42.0 Å². The molecule has 0 aliphatic heterocycles. The fourth-order valence-corrected chi connectivity index (χ4v) is 8.72. The maximum atomic E-state index is 6.68. The van der Waals surface area contributed by atoms with Crippen LogP contribution in [0.1, 0.15) is 0 Å². The monoisotopic (exact) mass is 605 g/mol. The molecule has 0 aliphatic carbocycles. The third-order valence-corrected chi connectivity index (χ3v) is 10.7. The summed E-state index contributed by atoms with van der Waals surface area (Å²) >= 11 is 1.86. The third kappa shape index (κ3) is 3.21. The molecule has 11 rings (SSSR count). The molecule has 4 aromatic heterocycles. The van der Waals surface area contributed by atoms with Crippen molar-refractivity contribution >= 4 is 97.2 Å². The van der Waals surface area contributed by atoms with E-state index in [-0.39, 0.29) is 0 Å². The van der Waals surface area contributed by atoms with Crippen molar-refractivity contribution in [3.05, 3.63) is 140 Å². The van der Waals surface area contributed by atoms with Gasteiger partial charge in [-0.3, -0.25) is 0 Å². The maximum Gasteiger partial charge on any atom is 0.143 e. The molecule has 4 heteroatoms. The summed E-state index contributed by atoms with van der Waals surface area (Å²) in [5, 5.41) is 9.61. The molecular weight excluding hydrogens is 583 g/mol. The second-order valence-electron chi connectivity index (χ2n) is 12.1. The summed E-state index contributed by atoms with van der Waals surface area (Å²) in [5.41, 5.74) is 9.26. The highest BCUT2D eigenvalue weighted by molar-refractivity contribution is 7.25. The second-order valence-corrected chi connectivity index (χ2v) is 13.1. The predicted octanol–water partition coefficient (Wildman–Crippen LogP) is 12.6. The summed E-state index contributed by atoms with van der Waals surface area (Å²) in [6.07, 6.45) is 0. The lowest BCUT2D eigenvalue weighted by atomic mass is 9.97. The lowest BCUT2D eigenvalue weighted by Crippen LogP contribution is -1.93. The van der Waals surface area contributed by atoms with Crippen molar-refractivity contribution in [3.8, 4) is 16.8 Å². The molecular formula is C42H23NO2S. The highest BCUT2D eigenvalue weighted by atomic mass is 32.1. The van der Waals surface area contributed by atoms with Crippen molar-refractivity contribution in [3.63, 3.8) is 0 Å². The van der Waals surface area contributed by atoms with Gasteiger partial charge in [0.05, 0.1) is 11.0 Å². The van der Waals surface area contributed by atoms with Gasteiger partial charge in [0.25, 0.3) is 0 Å². The number of benzene rings is 7. The molecule has 0 unspecified atom stereocenters. The number of para-hydroxylation sites is 3. The number of fused-ring (bicyclic) bond motifs is 12. The Morgan fingerprint density at radius 3 is 2.11 bits per heavy atom. The Labute approximate surface area is 266 Å². The topological polar surface area (TPSA) is 31.2 Å². The zero-order chi connectivity index (χ0) is 29.9. The van der Waals surface area contributed by atoms with E-state index in [9.17, 15) is 0 Å². The van der Waals surface area contributed by atoms with E-state index in [0.29, 0.717) is 0 Å². The van der Waals surface area contributed by atoms with Gasteiger partial charge in [-0.1, -0.05) is 84.9 Å². The first-order valence-electron chi connectivity index (χ1n) is 15.5. The average Bonchev–Trinajstić information content (AvgIpc) is 3.85. The van der Waals surface area contributed by atoms with E-state index in [1.54, 1.807) is 0 Å². The molecule has 0 saturated carbocycles. The van der Waals surface area contributed by atoms with Gasteiger partial charge in [0.15, 0.2) is 0 Å². The summed E-state index contributed by atoms with van der Waals surface area (Å²) in [6, 6.07) is 49.8. The van der Waals surface area contributed by atoms with E-state index in [1.807, 2.05) is 29.5 Å². The fraction of sp³-hybridized carbons (Fsp3) is 0. The lowest BCUT2D eigenvalue weighted by Gasteiger charge is -2.08. The molecule has 0 radical (unpaired) electrons. The molecule has 0 amide bonds. The van der Waals surface area contributed by atoms with Gasteiger partial charge in [0.1, 0.15) is 22.3 Å². The minimum atomic E-state index is 0.878. The third-order valence-electron chi connectivity index (χ3n) is 9.60. The van der Waals surface area contributed by atoms with Crippen LogP contribution in [-0.4, -0.2) is 4.57 Å². The van der Waals surface area contributed by atoms with Crippen LogP contribution in [0.4, 0.5) is 0 Å². The summed E-state index contributed by atoms with van der Waals surface area (Å²) in [7, 11) is 0. The summed E-state index contributed by atoms with van der Waals surface area (Å²) in [6.45, 7) is 0. The Balaban J connectivity index is 1.17. The van der Waals surface area contributed by atoms with Crippen LogP contribution < -0.4 is 0 Å². The van der Waals surface area contributed by atoms with Crippen molar-refractivity contribution in [1.29, 1.82) is 0 Å². The molecule has 0 bridgehead atoms. The Kier molecular flexibility index (Phi) is 4.72. The number of nitrogens with zero attached hydrogens (tertiary/aromatic N) is 1. The van der Waals surface area contributed by atoms with Gasteiger partial charge in [0.2, 0.25) is 0 Å². The van der Waals surface area contributed by atoms with E-state index >= 15 is 0 Å². The van der Waals surface area contributed by atoms with Crippen molar-refractivity contribution < 1.29 is 8.83 Å². The first kappa shape index (κ1) is 24.5. The number of aromatic nitrogens is 1. The van der Waals surface area contributed by atoms with Crippen LogP contribution in [0.3, 0.4) is 0 Å². The smallest absolute Gasteiger partial charge is 0.143 e.